The maximum Gasteiger partial charge on any atom is 0.335 e. The van der Waals surface area contributed by atoms with E-state index in [1.807, 2.05) is 36.7 Å². The lowest BCUT2D eigenvalue weighted by molar-refractivity contribution is 0.0697. The van der Waals surface area contributed by atoms with Crippen LogP contribution in [-0.2, 0) is 13.0 Å². The van der Waals surface area contributed by atoms with Crippen LogP contribution in [0.5, 0.6) is 0 Å². The van der Waals surface area contributed by atoms with Gasteiger partial charge >= 0.3 is 5.97 Å². The zero-order valence-electron chi connectivity index (χ0n) is 14.9. The van der Waals surface area contributed by atoms with Crippen molar-refractivity contribution in [1.29, 1.82) is 0 Å². The topological polar surface area (TPSA) is 79.5 Å². The van der Waals surface area contributed by atoms with E-state index in [0.717, 1.165) is 38.0 Å². The Labute approximate surface area is 157 Å². The van der Waals surface area contributed by atoms with Crippen molar-refractivity contribution in [1.82, 2.24) is 14.9 Å². The van der Waals surface area contributed by atoms with Gasteiger partial charge in [-0.3, -0.25) is 4.90 Å². The Balaban J connectivity index is 1.31. The summed E-state index contributed by atoms with van der Waals surface area (Å²) in [6.45, 7) is 2.92. The van der Waals surface area contributed by atoms with Gasteiger partial charge in [-0.05, 0) is 55.1 Å². The second-order valence-corrected chi connectivity index (χ2v) is 6.99. The van der Waals surface area contributed by atoms with E-state index in [1.54, 1.807) is 18.4 Å². The van der Waals surface area contributed by atoms with Crippen LogP contribution < -0.4 is 0 Å². The molecule has 6 heteroatoms. The van der Waals surface area contributed by atoms with Crippen LogP contribution in [0.3, 0.4) is 0 Å². The first-order chi connectivity index (χ1) is 13.2. The molecule has 0 bridgehead atoms. The number of hydrogen-bond acceptors (Lipinski definition) is 5. The van der Waals surface area contributed by atoms with E-state index in [0.29, 0.717) is 23.1 Å². The molecule has 1 N–H and O–H groups in total. The number of rotatable bonds is 6. The molecule has 1 aliphatic rings. The van der Waals surface area contributed by atoms with Crippen molar-refractivity contribution >= 4 is 5.97 Å². The summed E-state index contributed by atoms with van der Waals surface area (Å²) in [5, 5.41) is 8.98. The highest BCUT2D eigenvalue weighted by molar-refractivity contribution is 5.87. The molecule has 2 aromatic heterocycles. The third-order valence-electron chi connectivity index (χ3n) is 4.95. The number of furan rings is 1. The van der Waals surface area contributed by atoms with Crippen LogP contribution in [0.2, 0.25) is 0 Å². The molecule has 0 amide bonds. The molecule has 6 nitrogen and oxygen atoms in total. The number of nitrogens with zero attached hydrogens (tertiary/aromatic N) is 3. The highest BCUT2D eigenvalue weighted by atomic mass is 16.4. The minimum atomic E-state index is -0.881. The molecule has 27 heavy (non-hydrogen) atoms. The third kappa shape index (κ3) is 4.23. The summed E-state index contributed by atoms with van der Waals surface area (Å²) in [7, 11) is 0. The van der Waals surface area contributed by atoms with E-state index in [-0.39, 0.29) is 0 Å². The van der Waals surface area contributed by atoms with Gasteiger partial charge < -0.3 is 9.52 Å². The number of benzene rings is 1. The molecule has 0 saturated carbocycles. The summed E-state index contributed by atoms with van der Waals surface area (Å²) in [6.07, 6.45) is 7.47. The van der Waals surface area contributed by atoms with E-state index >= 15 is 0 Å². The second kappa shape index (κ2) is 7.72. The predicted molar refractivity (Wildman–Crippen MR) is 100 cm³/mol. The van der Waals surface area contributed by atoms with Gasteiger partial charge in [-0.25, -0.2) is 14.8 Å². The molecule has 3 aromatic rings. The molecule has 1 saturated heterocycles. The summed E-state index contributed by atoms with van der Waals surface area (Å²) < 4.78 is 5.32. The fraction of sp³-hybridized carbons (Fsp3) is 0.286. The van der Waals surface area contributed by atoms with E-state index < -0.39 is 5.97 Å². The molecule has 138 valence electrons. The van der Waals surface area contributed by atoms with Gasteiger partial charge in [-0.15, -0.1) is 0 Å². The van der Waals surface area contributed by atoms with Gasteiger partial charge in [-0.1, -0.05) is 12.1 Å². The minimum Gasteiger partial charge on any atom is -0.478 e. The van der Waals surface area contributed by atoms with E-state index in [1.165, 1.54) is 5.56 Å². The van der Waals surface area contributed by atoms with Crippen molar-refractivity contribution in [2.24, 2.45) is 5.92 Å². The summed E-state index contributed by atoms with van der Waals surface area (Å²) >= 11 is 0. The number of hydrogen-bond donors (Lipinski definition) is 1. The lowest BCUT2D eigenvalue weighted by Gasteiger charge is -2.16. The molecule has 1 fully saturated rings. The fourth-order valence-electron chi connectivity index (χ4n) is 3.57. The van der Waals surface area contributed by atoms with E-state index in [4.69, 9.17) is 9.52 Å². The first-order valence-electron chi connectivity index (χ1n) is 9.07. The summed E-state index contributed by atoms with van der Waals surface area (Å²) in [5.74, 6) is 0.988. The Morgan fingerprint density at radius 1 is 1.15 bits per heavy atom. The highest BCUT2D eigenvalue weighted by Gasteiger charge is 2.23. The number of aromatic nitrogens is 2. The van der Waals surface area contributed by atoms with Crippen LogP contribution >= 0.6 is 0 Å². The van der Waals surface area contributed by atoms with E-state index in [9.17, 15) is 4.79 Å². The van der Waals surface area contributed by atoms with Gasteiger partial charge in [0.05, 0.1) is 11.8 Å². The van der Waals surface area contributed by atoms with Crippen molar-refractivity contribution in [3.8, 4) is 11.6 Å². The van der Waals surface area contributed by atoms with Gasteiger partial charge in [0.1, 0.15) is 0 Å². The number of carboxylic acid groups (broad SMARTS) is 1. The van der Waals surface area contributed by atoms with Crippen molar-refractivity contribution in [3.63, 3.8) is 0 Å². The predicted octanol–water partition coefficient (Wildman–Crippen LogP) is 3.50. The Morgan fingerprint density at radius 3 is 2.59 bits per heavy atom. The number of carboxylic acids is 1. The van der Waals surface area contributed by atoms with Crippen LogP contribution in [0.15, 0.2) is 59.5 Å². The molecule has 4 rings (SSSR count). The Hall–Kier alpha value is -2.99. The lowest BCUT2D eigenvalue weighted by Crippen LogP contribution is -2.21. The summed E-state index contributed by atoms with van der Waals surface area (Å²) in [6, 6.07) is 10.9. The molecule has 0 aliphatic carbocycles. The van der Waals surface area contributed by atoms with Gasteiger partial charge in [0.25, 0.3) is 0 Å². The molecular weight excluding hydrogens is 342 g/mol. The average Bonchev–Trinajstić information content (AvgIpc) is 3.35. The molecule has 1 aromatic carbocycles. The van der Waals surface area contributed by atoms with Crippen molar-refractivity contribution in [3.05, 3.63) is 71.7 Å². The number of carbonyl (C=O) groups is 1. The third-order valence-corrected chi connectivity index (χ3v) is 4.95. The lowest BCUT2D eigenvalue weighted by atomic mass is 9.98. The van der Waals surface area contributed by atoms with Crippen LogP contribution in [0.4, 0.5) is 0 Å². The molecule has 1 aliphatic heterocycles. The first kappa shape index (κ1) is 17.4. The summed E-state index contributed by atoms with van der Waals surface area (Å²) in [4.78, 5) is 22.1. The van der Waals surface area contributed by atoms with Gasteiger partial charge in [0.2, 0.25) is 0 Å². The Bertz CT molecular complexity index is 889. The molecule has 0 spiro atoms. The van der Waals surface area contributed by atoms with Crippen LogP contribution in [0.1, 0.15) is 27.9 Å². The second-order valence-electron chi connectivity index (χ2n) is 6.99. The molecular formula is C21H21N3O3. The van der Waals surface area contributed by atoms with Gasteiger partial charge in [0, 0.05) is 31.0 Å². The van der Waals surface area contributed by atoms with Crippen molar-refractivity contribution in [2.75, 3.05) is 13.1 Å². The van der Waals surface area contributed by atoms with Crippen molar-refractivity contribution < 1.29 is 14.3 Å². The standard InChI is InChI=1S/C21H21N3O3/c25-21(26)18-5-3-15(4-6-18)10-16-7-8-24(13-16)14-17-11-22-20(23-12-17)19-2-1-9-27-19/h1-6,9,11-12,16H,7-8,10,13-14H2,(H,25,26). The smallest absolute Gasteiger partial charge is 0.335 e. The maximum atomic E-state index is 10.9. The van der Waals surface area contributed by atoms with Crippen molar-refractivity contribution in [2.45, 2.75) is 19.4 Å². The maximum absolute atomic E-state index is 10.9. The minimum absolute atomic E-state index is 0.338. The molecule has 1 atom stereocenters. The van der Waals surface area contributed by atoms with Crippen LogP contribution in [0, 0.1) is 5.92 Å². The fourth-order valence-corrected chi connectivity index (χ4v) is 3.57. The zero-order chi connectivity index (χ0) is 18.6. The van der Waals surface area contributed by atoms with Crippen LogP contribution in [0.25, 0.3) is 11.6 Å². The van der Waals surface area contributed by atoms with Gasteiger partial charge in [0.15, 0.2) is 11.6 Å². The number of aromatic carboxylic acids is 1. The average molecular weight is 363 g/mol. The quantitative estimate of drug-likeness (QED) is 0.722. The largest absolute Gasteiger partial charge is 0.478 e. The Morgan fingerprint density at radius 2 is 1.93 bits per heavy atom. The zero-order valence-corrected chi connectivity index (χ0v) is 14.9. The highest BCUT2D eigenvalue weighted by Crippen LogP contribution is 2.23. The molecule has 3 heterocycles. The first-order valence-corrected chi connectivity index (χ1v) is 9.07. The van der Waals surface area contributed by atoms with Gasteiger partial charge in [-0.2, -0.15) is 0 Å². The SMILES string of the molecule is O=C(O)c1ccc(CC2CCN(Cc3cnc(-c4ccco4)nc3)C2)cc1. The Kier molecular flexibility index (Phi) is 4.98. The molecule has 0 radical (unpaired) electrons. The molecule has 1 unspecified atom stereocenters. The summed E-state index contributed by atoms with van der Waals surface area (Å²) in [5.41, 5.74) is 2.62. The monoisotopic (exact) mass is 363 g/mol. The number of likely N-dealkylation sites (tertiary alicyclic amines) is 1. The van der Waals surface area contributed by atoms with E-state index in [2.05, 4.69) is 14.9 Å². The normalized spacial score (nSPS) is 17.3. The van der Waals surface area contributed by atoms with Crippen LogP contribution in [-0.4, -0.2) is 39.0 Å².